The molecule has 1 aromatic rings. The molecule has 0 aliphatic carbocycles. The lowest BCUT2D eigenvalue weighted by molar-refractivity contribution is 0.471. The van der Waals surface area contributed by atoms with Crippen LogP contribution in [-0.4, -0.2) is 25.2 Å². The predicted molar refractivity (Wildman–Crippen MR) is 65.1 cm³/mol. The smallest absolute Gasteiger partial charge is 0.190 e. The Morgan fingerprint density at radius 1 is 1.53 bits per heavy atom. The molecule has 5 heteroatoms. The highest BCUT2D eigenvalue weighted by Crippen LogP contribution is 2.23. The van der Waals surface area contributed by atoms with Gasteiger partial charge in [-0.1, -0.05) is 6.07 Å². The first-order valence-electron chi connectivity index (χ1n) is 4.53. The van der Waals surface area contributed by atoms with Gasteiger partial charge in [0.25, 0.3) is 0 Å². The maximum Gasteiger partial charge on any atom is 0.190 e. The van der Waals surface area contributed by atoms with Gasteiger partial charge in [-0.15, -0.1) is 0 Å². The average Bonchev–Trinajstić information content (AvgIpc) is 2.24. The first-order chi connectivity index (χ1) is 7.17. The van der Waals surface area contributed by atoms with E-state index in [0.29, 0.717) is 11.0 Å². The Balaban J connectivity index is 2.62. The molecular formula is C10H14BrN3O. The lowest BCUT2D eigenvalue weighted by Gasteiger charge is -2.08. The van der Waals surface area contributed by atoms with Crippen LogP contribution in [0.2, 0.25) is 0 Å². The van der Waals surface area contributed by atoms with E-state index in [2.05, 4.69) is 31.6 Å². The van der Waals surface area contributed by atoms with E-state index in [-0.39, 0.29) is 5.75 Å². The number of aliphatic imine (C=N–C) groups is 1. The molecule has 0 aromatic heterocycles. The van der Waals surface area contributed by atoms with E-state index in [9.17, 15) is 5.11 Å². The fourth-order valence-electron chi connectivity index (χ4n) is 1.13. The Kier molecular flexibility index (Phi) is 4.42. The third kappa shape index (κ3) is 3.43. The molecule has 0 fully saturated rings. The van der Waals surface area contributed by atoms with Crippen molar-refractivity contribution in [3.63, 3.8) is 0 Å². The first-order valence-corrected chi connectivity index (χ1v) is 5.32. The number of hydrogen-bond donors (Lipinski definition) is 3. The molecule has 82 valence electrons. The van der Waals surface area contributed by atoms with Gasteiger partial charge in [0, 0.05) is 20.6 Å². The highest BCUT2D eigenvalue weighted by Gasteiger charge is 2.00. The quantitative estimate of drug-likeness (QED) is 0.564. The van der Waals surface area contributed by atoms with Crippen LogP contribution >= 0.6 is 15.9 Å². The topological polar surface area (TPSA) is 56.7 Å². The lowest BCUT2D eigenvalue weighted by atomic mass is 10.2. The Bertz CT molecular complexity index is 366. The standard InChI is InChI=1S/C10H14BrN3O/c1-12-10(13-2)14-6-7-3-4-9(15)8(11)5-7/h3-5,15H,6H2,1-2H3,(H2,12,13,14). The molecule has 0 aliphatic rings. The summed E-state index contributed by atoms with van der Waals surface area (Å²) in [5.74, 6) is 0.982. The summed E-state index contributed by atoms with van der Waals surface area (Å²) < 4.78 is 0.696. The van der Waals surface area contributed by atoms with E-state index in [1.807, 2.05) is 19.2 Å². The third-order valence-electron chi connectivity index (χ3n) is 1.93. The number of benzene rings is 1. The molecule has 0 saturated carbocycles. The zero-order valence-electron chi connectivity index (χ0n) is 8.71. The van der Waals surface area contributed by atoms with Gasteiger partial charge in [-0.3, -0.25) is 4.99 Å². The van der Waals surface area contributed by atoms with Gasteiger partial charge in [-0.25, -0.2) is 0 Å². The molecule has 0 heterocycles. The number of nitrogens with one attached hydrogen (secondary N) is 2. The van der Waals surface area contributed by atoms with Gasteiger partial charge in [-0.05, 0) is 33.6 Å². The summed E-state index contributed by atoms with van der Waals surface area (Å²) in [4.78, 5) is 3.99. The minimum Gasteiger partial charge on any atom is -0.507 e. The number of guanidine groups is 1. The predicted octanol–water partition coefficient (Wildman–Crippen LogP) is 1.45. The number of phenolic OH excluding ortho intramolecular Hbond substituents is 1. The minimum atomic E-state index is 0.247. The monoisotopic (exact) mass is 271 g/mol. The Morgan fingerprint density at radius 2 is 2.27 bits per heavy atom. The van der Waals surface area contributed by atoms with Crippen LogP contribution in [0, 0.1) is 0 Å². The largest absolute Gasteiger partial charge is 0.507 e. The molecule has 3 N–H and O–H groups in total. The number of aromatic hydroxyl groups is 1. The Hall–Kier alpha value is -1.23. The maximum atomic E-state index is 9.31. The number of nitrogens with zero attached hydrogens (tertiary/aromatic N) is 1. The van der Waals surface area contributed by atoms with Gasteiger partial charge < -0.3 is 15.7 Å². The van der Waals surface area contributed by atoms with E-state index in [1.165, 1.54) is 0 Å². The summed E-state index contributed by atoms with van der Waals surface area (Å²) in [6, 6.07) is 5.38. The molecule has 1 rings (SSSR count). The molecule has 0 aliphatic heterocycles. The average molecular weight is 272 g/mol. The molecule has 0 unspecified atom stereocenters. The SMILES string of the molecule is CN=C(NC)NCc1ccc(O)c(Br)c1. The lowest BCUT2D eigenvalue weighted by Crippen LogP contribution is -2.34. The van der Waals surface area contributed by atoms with Crippen molar-refractivity contribution in [1.29, 1.82) is 0 Å². The van der Waals surface area contributed by atoms with Crippen molar-refractivity contribution in [2.75, 3.05) is 14.1 Å². The number of rotatable bonds is 2. The molecule has 0 spiro atoms. The molecule has 0 saturated heterocycles. The van der Waals surface area contributed by atoms with Crippen molar-refractivity contribution in [2.24, 2.45) is 4.99 Å². The van der Waals surface area contributed by atoms with Crippen molar-refractivity contribution < 1.29 is 5.11 Å². The van der Waals surface area contributed by atoms with E-state index in [4.69, 9.17) is 0 Å². The molecule has 0 amide bonds. The van der Waals surface area contributed by atoms with Crippen LogP contribution < -0.4 is 10.6 Å². The zero-order chi connectivity index (χ0) is 11.3. The maximum absolute atomic E-state index is 9.31. The van der Waals surface area contributed by atoms with E-state index in [0.717, 1.165) is 11.5 Å². The second-order valence-corrected chi connectivity index (χ2v) is 3.82. The van der Waals surface area contributed by atoms with Crippen LogP contribution in [0.1, 0.15) is 5.56 Å². The van der Waals surface area contributed by atoms with Crippen LogP contribution in [0.15, 0.2) is 27.7 Å². The highest BCUT2D eigenvalue weighted by molar-refractivity contribution is 9.10. The molecule has 15 heavy (non-hydrogen) atoms. The summed E-state index contributed by atoms with van der Waals surface area (Å²) in [6.07, 6.45) is 0. The Labute approximate surface area is 97.5 Å². The van der Waals surface area contributed by atoms with Crippen LogP contribution in [0.25, 0.3) is 0 Å². The summed E-state index contributed by atoms with van der Waals surface area (Å²) >= 11 is 3.26. The Morgan fingerprint density at radius 3 is 2.80 bits per heavy atom. The molecule has 1 aromatic carbocycles. The van der Waals surface area contributed by atoms with Gasteiger partial charge in [0.15, 0.2) is 5.96 Å². The van der Waals surface area contributed by atoms with Crippen molar-refractivity contribution in [3.8, 4) is 5.75 Å². The second kappa shape index (κ2) is 5.60. The van der Waals surface area contributed by atoms with Gasteiger partial charge in [-0.2, -0.15) is 0 Å². The van der Waals surface area contributed by atoms with Crippen molar-refractivity contribution in [3.05, 3.63) is 28.2 Å². The van der Waals surface area contributed by atoms with Gasteiger partial charge >= 0.3 is 0 Å². The number of phenols is 1. The van der Waals surface area contributed by atoms with Crippen molar-refractivity contribution >= 4 is 21.9 Å². The second-order valence-electron chi connectivity index (χ2n) is 2.96. The number of hydrogen-bond acceptors (Lipinski definition) is 2. The van der Waals surface area contributed by atoms with Gasteiger partial charge in [0.05, 0.1) is 4.47 Å². The highest BCUT2D eigenvalue weighted by atomic mass is 79.9. The number of halogens is 1. The molecular weight excluding hydrogens is 258 g/mol. The van der Waals surface area contributed by atoms with Crippen molar-refractivity contribution in [2.45, 2.75) is 6.54 Å². The third-order valence-corrected chi connectivity index (χ3v) is 2.57. The fourth-order valence-corrected chi connectivity index (χ4v) is 1.55. The summed E-state index contributed by atoms with van der Waals surface area (Å²) in [7, 11) is 3.52. The van der Waals surface area contributed by atoms with Crippen LogP contribution in [0.3, 0.4) is 0 Å². The van der Waals surface area contributed by atoms with E-state index in [1.54, 1.807) is 13.1 Å². The molecule has 0 radical (unpaired) electrons. The van der Waals surface area contributed by atoms with E-state index >= 15 is 0 Å². The summed E-state index contributed by atoms with van der Waals surface area (Å²) in [5.41, 5.74) is 1.07. The van der Waals surface area contributed by atoms with Crippen molar-refractivity contribution in [1.82, 2.24) is 10.6 Å². The molecule has 0 bridgehead atoms. The summed E-state index contributed by atoms with van der Waals surface area (Å²) in [5, 5.41) is 15.4. The molecule has 4 nitrogen and oxygen atoms in total. The molecule has 0 atom stereocenters. The van der Waals surface area contributed by atoms with Gasteiger partial charge in [0.2, 0.25) is 0 Å². The van der Waals surface area contributed by atoms with Crippen LogP contribution in [0.5, 0.6) is 5.75 Å². The van der Waals surface area contributed by atoms with E-state index < -0.39 is 0 Å². The van der Waals surface area contributed by atoms with Crippen LogP contribution in [-0.2, 0) is 6.54 Å². The fraction of sp³-hybridized carbons (Fsp3) is 0.300. The first kappa shape index (κ1) is 11.8. The normalized spacial score (nSPS) is 11.3. The van der Waals surface area contributed by atoms with Crippen LogP contribution in [0.4, 0.5) is 0 Å². The minimum absolute atomic E-state index is 0.247. The van der Waals surface area contributed by atoms with Gasteiger partial charge in [0.1, 0.15) is 5.75 Å². The summed E-state index contributed by atoms with van der Waals surface area (Å²) in [6.45, 7) is 0.659. The zero-order valence-corrected chi connectivity index (χ0v) is 10.3.